The van der Waals surface area contributed by atoms with Gasteiger partial charge in [-0.15, -0.1) is 13.2 Å². The first-order valence-corrected chi connectivity index (χ1v) is 7.21. The third kappa shape index (κ3) is 5.00. The van der Waals surface area contributed by atoms with Crippen LogP contribution in [0.25, 0.3) is 0 Å². The third-order valence-electron chi connectivity index (χ3n) is 3.19. The van der Waals surface area contributed by atoms with Crippen LogP contribution in [0.15, 0.2) is 36.2 Å². The Morgan fingerprint density at radius 3 is 2.46 bits per heavy atom. The Kier molecular flexibility index (Phi) is 5.16. The van der Waals surface area contributed by atoms with Gasteiger partial charge >= 0.3 is 6.36 Å². The summed E-state index contributed by atoms with van der Waals surface area (Å²) in [6.45, 7) is 3.64. The van der Waals surface area contributed by atoms with Crippen LogP contribution in [-0.4, -0.2) is 24.2 Å². The van der Waals surface area contributed by atoms with Gasteiger partial charge in [-0.3, -0.25) is 14.9 Å². The number of allylic oxidation sites excluding steroid dienone is 1. The number of ketones is 1. The molecule has 0 aliphatic carbocycles. The molecule has 1 heterocycles. The van der Waals surface area contributed by atoms with Crippen LogP contribution in [0.1, 0.15) is 19.4 Å². The van der Waals surface area contributed by atoms with Crippen LogP contribution in [0.3, 0.4) is 0 Å². The lowest BCUT2D eigenvalue weighted by atomic mass is 10.1. The van der Waals surface area contributed by atoms with E-state index in [1.807, 2.05) is 13.8 Å². The molecule has 8 heteroatoms. The molecular weight excluding hydrogens is 327 g/mol. The Morgan fingerprint density at radius 2 is 1.96 bits per heavy atom. The monoisotopic (exact) mass is 343 g/mol. The number of hydrogen-bond acceptors (Lipinski definition) is 4. The Bertz CT molecular complexity index is 650. The summed E-state index contributed by atoms with van der Waals surface area (Å²) in [5.41, 5.74) is 0.510. The fraction of sp³-hybridized carbons (Fsp3) is 0.375. The first-order valence-electron chi connectivity index (χ1n) is 7.21. The second-order valence-corrected chi connectivity index (χ2v) is 5.62. The first-order chi connectivity index (χ1) is 11.1. The molecule has 1 atom stereocenters. The Hall–Kier alpha value is -2.51. The van der Waals surface area contributed by atoms with Crippen LogP contribution in [0, 0.1) is 5.92 Å². The van der Waals surface area contributed by atoms with Crippen molar-refractivity contribution in [2.75, 3.05) is 0 Å². The van der Waals surface area contributed by atoms with E-state index in [9.17, 15) is 22.8 Å². The van der Waals surface area contributed by atoms with Gasteiger partial charge in [0.1, 0.15) is 5.75 Å². The fourth-order valence-electron chi connectivity index (χ4n) is 2.13. The summed E-state index contributed by atoms with van der Waals surface area (Å²) in [5, 5.41) is 2.47. The number of nitrogens with one attached hydrogen (secondary N) is 1. The van der Waals surface area contributed by atoms with Crippen molar-refractivity contribution >= 4 is 11.7 Å². The number of hydrogen-bond donors (Lipinski definition) is 1. The predicted octanol–water partition coefficient (Wildman–Crippen LogP) is 2.71. The van der Waals surface area contributed by atoms with Crippen LogP contribution >= 0.6 is 0 Å². The summed E-state index contributed by atoms with van der Waals surface area (Å²) in [6.07, 6.45) is -4.27. The molecule has 1 aliphatic rings. The summed E-state index contributed by atoms with van der Waals surface area (Å²) in [5.74, 6) is -0.965. The van der Waals surface area contributed by atoms with E-state index in [2.05, 4.69) is 10.1 Å². The molecule has 1 fully saturated rings. The molecule has 2 rings (SSSR count). The average molecular weight is 343 g/mol. The zero-order chi connectivity index (χ0) is 17.9. The summed E-state index contributed by atoms with van der Waals surface area (Å²) in [7, 11) is 0. The molecule has 0 spiro atoms. The molecule has 1 saturated heterocycles. The molecule has 1 aromatic carbocycles. The van der Waals surface area contributed by atoms with Gasteiger partial charge in [-0.1, -0.05) is 26.0 Å². The highest BCUT2D eigenvalue weighted by molar-refractivity contribution is 5.93. The molecule has 0 radical (unpaired) electrons. The van der Waals surface area contributed by atoms with Crippen molar-refractivity contribution in [2.24, 2.45) is 5.92 Å². The second-order valence-electron chi connectivity index (χ2n) is 5.62. The van der Waals surface area contributed by atoms with E-state index in [1.54, 1.807) is 0 Å². The lowest BCUT2D eigenvalue weighted by Gasteiger charge is -2.10. The van der Waals surface area contributed by atoms with Gasteiger partial charge < -0.3 is 9.47 Å². The molecule has 0 saturated carbocycles. The maximum atomic E-state index is 12.1. The number of benzene rings is 1. The highest BCUT2D eigenvalue weighted by Gasteiger charge is 2.32. The number of halogens is 3. The van der Waals surface area contributed by atoms with Crippen molar-refractivity contribution in [3.63, 3.8) is 0 Å². The highest BCUT2D eigenvalue weighted by Crippen LogP contribution is 2.23. The van der Waals surface area contributed by atoms with Gasteiger partial charge in [0, 0.05) is 12.5 Å². The molecule has 0 unspecified atom stereocenters. The molecule has 1 aliphatic heterocycles. The van der Waals surface area contributed by atoms with Crippen LogP contribution in [0.5, 0.6) is 5.75 Å². The van der Waals surface area contributed by atoms with E-state index in [-0.39, 0.29) is 35.7 Å². The van der Waals surface area contributed by atoms with Gasteiger partial charge in [-0.2, -0.15) is 0 Å². The molecule has 24 heavy (non-hydrogen) atoms. The van der Waals surface area contributed by atoms with Gasteiger partial charge in [0.25, 0.3) is 5.91 Å². The van der Waals surface area contributed by atoms with Crippen molar-refractivity contribution in [3.05, 3.63) is 41.8 Å². The van der Waals surface area contributed by atoms with Gasteiger partial charge in [-0.05, 0) is 23.6 Å². The molecule has 1 amide bonds. The Labute approximate surface area is 136 Å². The van der Waals surface area contributed by atoms with E-state index >= 15 is 0 Å². The van der Waals surface area contributed by atoms with Gasteiger partial charge in [0.2, 0.25) is 0 Å². The van der Waals surface area contributed by atoms with E-state index in [0.717, 1.165) is 12.1 Å². The topological polar surface area (TPSA) is 64.6 Å². The fourth-order valence-corrected chi connectivity index (χ4v) is 2.13. The van der Waals surface area contributed by atoms with Gasteiger partial charge in [-0.25, -0.2) is 0 Å². The lowest BCUT2D eigenvalue weighted by molar-refractivity contribution is -0.274. The van der Waals surface area contributed by atoms with Crippen molar-refractivity contribution < 1.29 is 32.2 Å². The third-order valence-corrected chi connectivity index (χ3v) is 3.19. The first kappa shape index (κ1) is 17.8. The second kappa shape index (κ2) is 6.94. The number of rotatable bonds is 5. The standard InChI is InChI=1S/C16H16F3NO4/c1-9(2)14-15(22)20-13(23-14)8-11(21)7-10-3-5-12(6-4-10)24-16(17,18)19/h3-6,8-9,14H,7H2,1-2H3,(H,20,22)/b13-8+/t14-/m0/s1. The summed E-state index contributed by atoms with van der Waals surface area (Å²) in [4.78, 5) is 23.6. The molecule has 130 valence electrons. The van der Waals surface area contributed by atoms with Crippen LogP contribution in [0.2, 0.25) is 0 Å². The molecular formula is C16H16F3NO4. The number of carbonyl (C=O) groups is 2. The van der Waals surface area contributed by atoms with Gasteiger partial charge in [0.05, 0.1) is 0 Å². The van der Waals surface area contributed by atoms with Crippen molar-refractivity contribution in [1.82, 2.24) is 5.32 Å². The smallest absolute Gasteiger partial charge is 0.465 e. The highest BCUT2D eigenvalue weighted by atomic mass is 19.4. The van der Waals surface area contributed by atoms with Crippen molar-refractivity contribution in [1.29, 1.82) is 0 Å². The maximum Gasteiger partial charge on any atom is 0.573 e. The lowest BCUT2D eigenvalue weighted by Crippen LogP contribution is -2.27. The normalized spacial score (nSPS) is 19.3. The largest absolute Gasteiger partial charge is 0.573 e. The van der Waals surface area contributed by atoms with Crippen molar-refractivity contribution in [3.8, 4) is 5.75 Å². The minimum atomic E-state index is -4.76. The van der Waals surface area contributed by atoms with E-state index in [0.29, 0.717) is 5.56 Å². The van der Waals surface area contributed by atoms with Gasteiger partial charge in [0.15, 0.2) is 17.8 Å². The molecule has 1 aromatic rings. The Balaban J connectivity index is 1.95. The SMILES string of the molecule is CC(C)[C@@H]1O/C(=C/C(=O)Cc2ccc(OC(F)(F)F)cc2)NC1=O. The van der Waals surface area contributed by atoms with Crippen LogP contribution in [0.4, 0.5) is 13.2 Å². The molecule has 5 nitrogen and oxygen atoms in total. The molecule has 0 aromatic heterocycles. The summed E-state index contributed by atoms with van der Waals surface area (Å²) < 4.78 is 45.3. The van der Waals surface area contributed by atoms with E-state index in [4.69, 9.17) is 4.74 Å². The molecule has 1 N–H and O–H groups in total. The Morgan fingerprint density at radius 1 is 1.33 bits per heavy atom. The minimum absolute atomic E-state index is 0.0350. The summed E-state index contributed by atoms with van der Waals surface area (Å²) >= 11 is 0. The zero-order valence-corrected chi connectivity index (χ0v) is 13.0. The summed E-state index contributed by atoms with van der Waals surface area (Å²) in [6, 6.07) is 4.99. The van der Waals surface area contributed by atoms with Crippen molar-refractivity contribution in [2.45, 2.75) is 32.7 Å². The maximum absolute atomic E-state index is 12.1. The number of alkyl halides is 3. The average Bonchev–Trinajstić information content (AvgIpc) is 2.80. The van der Waals surface area contributed by atoms with E-state index < -0.39 is 12.5 Å². The quantitative estimate of drug-likeness (QED) is 0.835. The predicted molar refractivity (Wildman–Crippen MR) is 77.8 cm³/mol. The minimum Gasteiger partial charge on any atom is -0.465 e. The number of ether oxygens (including phenoxy) is 2. The molecule has 0 bridgehead atoms. The number of amides is 1. The van der Waals surface area contributed by atoms with E-state index in [1.165, 1.54) is 18.2 Å². The van der Waals surface area contributed by atoms with Crippen LogP contribution < -0.4 is 10.1 Å². The zero-order valence-electron chi connectivity index (χ0n) is 13.0. The number of carbonyl (C=O) groups excluding carboxylic acids is 2. The van der Waals surface area contributed by atoms with Crippen LogP contribution in [-0.2, 0) is 20.7 Å².